The summed E-state index contributed by atoms with van der Waals surface area (Å²) in [6.45, 7) is 17.5. The van der Waals surface area contributed by atoms with E-state index in [0.717, 1.165) is 11.1 Å². The molecule has 1 unspecified atom stereocenters. The van der Waals surface area contributed by atoms with Gasteiger partial charge in [0.05, 0.1) is 24.1 Å². The van der Waals surface area contributed by atoms with E-state index < -0.39 is 17.7 Å². The van der Waals surface area contributed by atoms with Gasteiger partial charge in [0.1, 0.15) is 17.8 Å². The smallest absolute Gasteiger partial charge is 0.252 e. The lowest BCUT2D eigenvalue weighted by atomic mass is 10.0. The van der Waals surface area contributed by atoms with Crippen molar-refractivity contribution in [2.45, 2.75) is 45.6 Å². The van der Waals surface area contributed by atoms with E-state index in [1.807, 2.05) is 35.8 Å². The van der Waals surface area contributed by atoms with Gasteiger partial charge in [-0.15, -0.1) is 6.58 Å². The third-order valence-corrected chi connectivity index (χ3v) is 6.02. The Morgan fingerprint density at radius 1 is 1.34 bits per heavy atom. The highest BCUT2D eigenvalue weighted by molar-refractivity contribution is 6.07. The van der Waals surface area contributed by atoms with Crippen molar-refractivity contribution >= 4 is 28.8 Å². The summed E-state index contributed by atoms with van der Waals surface area (Å²) in [7, 11) is 1.48. The Kier molecular flexibility index (Phi) is 9.36. The van der Waals surface area contributed by atoms with E-state index in [9.17, 15) is 9.90 Å². The summed E-state index contributed by atoms with van der Waals surface area (Å²) in [5.74, 6) is -0.317. The van der Waals surface area contributed by atoms with Crippen LogP contribution in [0.15, 0.2) is 48.9 Å². The number of nitrogens with two attached hydrogens (primary N) is 1. The average molecular weight is 519 g/mol. The molecule has 10 heteroatoms. The zero-order chi connectivity index (χ0) is 27.9. The van der Waals surface area contributed by atoms with Crippen LogP contribution in [0.4, 0.5) is 5.82 Å². The van der Waals surface area contributed by atoms with Crippen LogP contribution in [0.2, 0.25) is 0 Å². The van der Waals surface area contributed by atoms with Crippen molar-refractivity contribution in [3.05, 3.63) is 71.6 Å². The van der Waals surface area contributed by atoms with Crippen molar-refractivity contribution in [3.63, 3.8) is 0 Å². The van der Waals surface area contributed by atoms with E-state index >= 15 is 0 Å². The number of amides is 1. The molecule has 0 saturated carbocycles. The number of aliphatic hydroxyl groups is 1. The third-order valence-electron chi connectivity index (χ3n) is 6.02. The second-order valence-corrected chi connectivity index (χ2v) is 9.32. The predicted octanol–water partition coefficient (Wildman–Crippen LogP) is 3.70. The van der Waals surface area contributed by atoms with Gasteiger partial charge in [0.15, 0.2) is 6.29 Å². The quantitative estimate of drug-likeness (QED) is 0.144. The molecule has 1 amide bonds. The van der Waals surface area contributed by atoms with E-state index in [-0.39, 0.29) is 24.7 Å². The third kappa shape index (κ3) is 6.08. The first-order valence-corrected chi connectivity index (χ1v) is 12.2. The van der Waals surface area contributed by atoms with Crippen LogP contribution < -0.4 is 11.1 Å². The van der Waals surface area contributed by atoms with E-state index in [0.29, 0.717) is 35.3 Å². The SMILES string of the molecule is [C-]#[N+]/C(=C\c1c(-c2ccc(C)cc2)c2c(N)ncnc2n1CCCO)C(=O)NC(C)(C)C(OC)OCC=C. The Bertz CT molecular complexity index is 1370. The second kappa shape index (κ2) is 12.5. The largest absolute Gasteiger partial charge is 0.396 e. The number of hydrogen-bond donors (Lipinski definition) is 3. The van der Waals surface area contributed by atoms with Crippen molar-refractivity contribution in [2.24, 2.45) is 0 Å². The van der Waals surface area contributed by atoms with Gasteiger partial charge >= 0.3 is 0 Å². The first-order valence-electron chi connectivity index (χ1n) is 12.2. The zero-order valence-corrected chi connectivity index (χ0v) is 22.2. The maximum Gasteiger partial charge on any atom is 0.252 e. The number of carbonyl (C=O) groups is 1. The summed E-state index contributed by atoms with van der Waals surface area (Å²) in [5, 5.41) is 13.0. The number of anilines is 1. The van der Waals surface area contributed by atoms with Crippen LogP contribution in [0.25, 0.3) is 33.1 Å². The molecule has 3 aromatic rings. The van der Waals surface area contributed by atoms with E-state index in [1.54, 1.807) is 19.9 Å². The number of nitrogens with zero attached hydrogens (tertiary/aromatic N) is 4. The molecule has 2 heterocycles. The van der Waals surface area contributed by atoms with Gasteiger partial charge < -0.3 is 30.2 Å². The first-order chi connectivity index (χ1) is 18.2. The number of ether oxygens (including phenoxy) is 2. The Labute approximate surface area is 222 Å². The number of rotatable bonds is 12. The molecule has 0 bridgehead atoms. The normalized spacial score (nSPS) is 12.8. The maximum absolute atomic E-state index is 13.4. The fraction of sp³-hybridized carbons (Fsp3) is 0.357. The van der Waals surface area contributed by atoms with Crippen molar-refractivity contribution in [2.75, 3.05) is 26.1 Å². The van der Waals surface area contributed by atoms with Crippen LogP contribution in [0.1, 0.15) is 31.5 Å². The molecule has 0 aliphatic heterocycles. The minimum Gasteiger partial charge on any atom is -0.396 e. The fourth-order valence-corrected chi connectivity index (χ4v) is 4.25. The van der Waals surface area contributed by atoms with Crippen LogP contribution in [-0.2, 0) is 20.8 Å². The molecule has 10 nitrogen and oxygen atoms in total. The predicted molar refractivity (Wildman–Crippen MR) is 148 cm³/mol. The number of carbonyl (C=O) groups excluding carboxylic acids is 1. The highest BCUT2D eigenvalue weighted by atomic mass is 16.7. The number of fused-ring (bicyclic) bond motifs is 1. The highest BCUT2D eigenvalue weighted by Gasteiger charge is 2.33. The maximum atomic E-state index is 13.4. The first kappa shape index (κ1) is 28.5. The molecule has 4 N–H and O–H groups in total. The molecule has 0 radical (unpaired) electrons. The summed E-state index contributed by atoms with van der Waals surface area (Å²) in [4.78, 5) is 25.6. The lowest BCUT2D eigenvalue weighted by Crippen LogP contribution is -2.54. The standard InChI is InChI=1S/C28H34N6O4/c1-7-15-38-27(37-6)28(3,4)33-26(36)20(30-5)16-21-22(19-11-9-18(2)10-12-19)23-24(29)31-17-32-25(23)34(21)13-8-14-35/h7,9-12,16-17,27,35H,1,8,13-15H2,2-4,6H3,(H,33,36)(H2,29,31,32)/b20-16-. The van der Waals surface area contributed by atoms with E-state index in [1.165, 1.54) is 19.5 Å². The molecule has 0 fully saturated rings. The molecule has 0 aliphatic rings. The summed E-state index contributed by atoms with van der Waals surface area (Å²) in [6, 6.07) is 7.84. The van der Waals surface area contributed by atoms with Crippen molar-refractivity contribution in [1.82, 2.24) is 19.9 Å². The van der Waals surface area contributed by atoms with Gasteiger partial charge in [-0.05, 0) is 38.8 Å². The molecule has 1 aromatic carbocycles. The Morgan fingerprint density at radius 3 is 2.66 bits per heavy atom. The van der Waals surface area contributed by atoms with Gasteiger partial charge in [0.25, 0.3) is 11.6 Å². The van der Waals surface area contributed by atoms with E-state index in [2.05, 4.69) is 26.7 Å². The minimum absolute atomic E-state index is 0.0449. The fourth-order valence-electron chi connectivity index (χ4n) is 4.25. The molecular formula is C28H34N6O4. The molecule has 38 heavy (non-hydrogen) atoms. The number of methoxy groups -OCH3 is 1. The molecular weight excluding hydrogens is 484 g/mol. The Hall–Kier alpha value is -4.04. The van der Waals surface area contributed by atoms with E-state index in [4.69, 9.17) is 21.8 Å². The Balaban J connectivity index is 2.19. The van der Waals surface area contributed by atoms with Crippen LogP contribution in [0.5, 0.6) is 0 Å². The lowest BCUT2D eigenvalue weighted by Gasteiger charge is -2.33. The zero-order valence-electron chi connectivity index (χ0n) is 22.2. The second-order valence-electron chi connectivity index (χ2n) is 9.32. The number of hydrogen-bond acceptors (Lipinski definition) is 7. The van der Waals surface area contributed by atoms with Gasteiger partial charge in [-0.2, -0.15) is 0 Å². The number of benzene rings is 1. The van der Waals surface area contributed by atoms with Gasteiger partial charge in [-0.1, -0.05) is 35.9 Å². The number of nitrogens with one attached hydrogen (secondary N) is 1. The van der Waals surface area contributed by atoms with Crippen LogP contribution in [0, 0.1) is 13.5 Å². The Morgan fingerprint density at radius 2 is 2.05 bits per heavy atom. The van der Waals surface area contributed by atoms with Gasteiger partial charge in [-0.3, -0.25) is 4.79 Å². The average Bonchev–Trinajstić information content (AvgIpc) is 3.20. The van der Waals surface area contributed by atoms with Gasteiger partial charge in [0, 0.05) is 31.5 Å². The van der Waals surface area contributed by atoms with Gasteiger partial charge in [0.2, 0.25) is 0 Å². The molecule has 2 aromatic heterocycles. The van der Waals surface area contributed by atoms with Gasteiger partial charge in [-0.25, -0.2) is 14.8 Å². The number of aryl methyl sites for hydroxylation is 2. The molecule has 200 valence electrons. The number of aromatic nitrogens is 3. The van der Waals surface area contributed by atoms with Crippen LogP contribution >= 0.6 is 0 Å². The molecule has 0 aliphatic carbocycles. The van der Waals surface area contributed by atoms with Crippen molar-refractivity contribution in [3.8, 4) is 11.1 Å². The molecule has 3 rings (SSSR count). The summed E-state index contributed by atoms with van der Waals surface area (Å²) in [5.41, 5.74) is 8.94. The monoisotopic (exact) mass is 518 g/mol. The number of nitrogen functional groups attached to an aromatic ring is 1. The summed E-state index contributed by atoms with van der Waals surface area (Å²) in [6.07, 6.45) is 4.15. The number of aliphatic hydroxyl groups excluding tert-OH is 1. The molecule has 0 saturated heterocycles. The molecule has 0 spiro atoms. The molecule has 1 atom stereocenters. The highest BCUT2D eigenvalue weighted by Crippen LogP contribution is 2.38. The topological polar surface area (TPSA) is 129 Å². The van der Waals surface area contributed by atoms with Crippen molar-refractivity contribution < 1.29 is 19.4 Å². The lowest BCUT2D eigenvalue weighted by molar-refractivity contribution is -0.161. The summed E-state index contributed by atoms with van der Waals surface area (Å²) < 4.78 is 12.9. The van der Waals surface area contributed by atoms with Crippen LogP contribution in [-0.4, -0.2) is 57.7 Å². The van der Waals surface area contributed by atoms with Crippen LogP contribution in [0.3, 0.4) is 0 Å². The minimum atomic E-state index is -0.960. The summed E-state index contributed by atoms with van der Waals surface area (Å²) >= 11 is 0. The van der Waals surface area contributed by atoms with Crippen molar-refractivity contribution in [1.29, 1.82) is 0 Å².